The van der Waals surface area contributed by atoms with Crippen LogP contribution >= 0.6 is 0 Å². The summed E-state index contributed by atoms with van der Waals surface area (Å²) in [5, 5.41) is 0. The van der Waals surface area contributed by atoms with Gasteiger partial charge in [-0.2, -0.15) is 0 Å². The molecule has 5 nitrogen and oxygen atoms in total. The number of ether oxygens (including phenoxy) is 2. The highest BCUT2D eigenvalue weighted by Crippen LogP contribution is 2.32. The molecule has 0 saturated heterocycles. The maximum Gasteiger partial charge on any atom is 0.193 e. The van der Waals surface area contributed by atoms with E-state index in [1.54, 1.807) is 30.3 Å². The number of nitrogens with two attached hydrogens (primary N) is 1. The van der Waals surface area contributed by atoms with Gasteiger partial charge in [0, 0.05) is 25.2 Å². The zero-order valence-electron chi connectivity index (χ0n) is 12.6. The maximum absolute atomic E-state index is 12.6. The molecule has 2 aromatic carbocycles. The lowest BCUT2D eigenvalue weighted by atomic mass is 10.0. The summed E-state index contributed by atoms with van der Waals surface area (Å²) in [6.45, 7) is 1.03. The summed E-state index contributed by atoms with van der Waals surface area (Å²) < 4.78 is 11.0. The van der Waals surface area contributed by atoms with Gasteiger partial charge in [-0.05, 0) is 36.4 Å². The molecule has 2 N–H and O–H groups in total. The third-order valence-corrected chi connectivity index (χ3v) is 3.58. The van der Waals surface area contributed by atoms with E-state index in [2.05, 4.69) is 0 Å². The highest BCUT2D eigenvalue weighted by molar-refractivity contribution is 6.10. The summed E-state index contributed by atoms with van der Waals surface area (Å²) in [5.41, 5.74) is 8.59. The molecule has 1 aliphatic heterocycles. The standard InChI is InChI=1S/C17H18N2O3/c1-19(2)14-5-3-11(9-13(14)18)17(20)12-4-6-15-16(10-12)22-8-7-21-15/h3-6,9-10H,7-8,18H2,1-2H3. The van der Waals surface area contributed by atoms with Crippen LogP contribution in [0.3, 0.4) is 0 Å². The first-order valence-corrected chi connectivity index (χ1v) is 7.07. The fourth-order valence-corrected chi connectivity index (χ4v) is 2.45. The summed E-state index contributed by atoms with van der Waals surface area (Å²) in [5.74, 6) is 1.19. The molecule has 0 saturated carbocycles. The Morgan fingerprint density at radius 2 is 1.64 bits per heavy atom. The molecule has 0 aromatic heterocycles. The molecule has 1 aliphatic rings. The summed E-state index contributed by atoms with van der Waals surface area (Å²) in [6.07, 6.45) is 0. The number of nitrogen functional groups attached to an aromatic ring is 1. The van der Waals surface area contributed by atoms with Crippen LogP contribution in [0.2, 0.25) is 0 Å². The minimum Gasteiger partial charge on any atom is -0.486 e. The van der Waals surface area contributed by atoms with Crippen molar-refractivity contribution in [3.8, 4) is 11.5 Å². The van der Waals surface area contributed by atoms with E-state index in [9.17, 15) is 4.79 Å². The van der Waals surface area contributed by atoms with Crippen LogP contribution in [0.5, 0.6) is 11.5 Å². The number of hydrogen-bond donors (Lipinski definition) is 1. The van der Waals surface area contributed by atoms with Gasteiger partial charge in [0.25, 0.3) is 0 Å². The third kappa shape index (κ3) is 2.57. The number of ketones is 1. The molecule has 0 bridgehead atoms. The van der Waals surface area contributed by atoms with E-state index in [0.717, 1.165) is 5.69 Å². The Kier molecular flexibility index (Phi) is 3.63. The van der Waals surface area contributed by atoms with Gasteiger partial charge in [0.15, 0.2) is 17.3 Å². The van der Waals surface area contributed by atoms with Gasteiger partial charge in [-0.1, -0.05) is 0 Å². The predicted octanol–water partition coefficient (Wildman–Crippen LogP) is 2.34. The first kappa shape index (κ1) is 14.3. The van der Waals surface area contributed by atoms with Crippen molar-refractivity contribution in [3.05, 3.63) is 47.5 Å². The van der Waals surface area contributed by atoms with Gasteiger partial charge in [-0.25, -0.2) is 0 Å². The number of hydrogen-bond acceptors (Lipinski definition) is 5. The van der Waals surface area contributed by atoms with Crippen molar-refractivity contribution in [3.63, 3.8) is 0 Å². The molecule has 0 atom stereocenters. The Bertz CT molecular complexity index is 726. The molecule has 0 amide bonds. The van der Waals surface area contributed by atoms with Gasteiger partial charge in [0.1, 0.15) is 13.2 Å². The molecule has 22 heavy (non-hydrogen) atoms. The van der Waals surface area contributed by atoms with Crippen molar-refractivity contribution < 1.29 is 14.3 Å². The molecule has 114 valence electrons. The van der Waals surface area contributed by atoms with Gasteiger partial charge in [-0.3, -0.25) is 4.79 Å². The van der Waals surface area contributed by atoms with E-state index >= 15 is 0 Å². The lowest BCUT2D eigenvalue weighted by Gasteiger charge is -2.19. The number of carbonyl (C=O) groups is 1. The van der Waals surface area contributed by atoms with Crippen LogP contribution in [0.15, 0.2) is 36.4 Å². The van der Waals surface area contributed by atoms with Crippen LogP contribution in [0.4, 0.5) is 11.4 Å². The van der Waals surface area contributed by atoms with Gasteiger partial charge in [0.05, 0.1) is 11.4 Å². The molecule has 0 fully saturated rings. The Balaban J connectivity index is 1.92. The topological polar surface area (TPSA) is 64.8 Å². The van der Waals surface area contributed by atoms with Crippen LogP contribution < -0.4 is 20.1 Å². The van der Waals surface area contributed by atoms with Crippen molar-refractivity contribution in [1.29, 1.82) is 0 Å². The molecule has 0 unspecified atom stereocenters. The zero-order valence-corrected chi connectivity index (χ0v) is 12.6. The molecule has 2 aromatic rings. The number of benzene rings is 2. The highest BCUT2D eigenvalue weighted by atomic mass is 16.6. The van der Waals surface area contributed by atoms with E-state index in [1.807, 2.05) is 25.1 Å². The number of nitrogens with zero attached hydrogens (tertiary/aromatic N) is 1. The van der Waals surface area contributed by atoms with Gasteiger partial charge < -0.3 is 20.1 Å². The molecule has 0 spiro atoms. The smallest absolute Gasteiger partial charge is 0.193 e. The normalized spacial score (nSPS) is 12.8. The largest absolute Gasteiger partial charge is 0.486 e. The van der Waals surface area contributed by atoms with Crippen molar-refractivity contribution in [1.82, 2.24) is 0 Å². The van der Waals surface area contributed by atoms with Crippen LogP contribution in [0, 0.1) is 0 Å². The molecule has 0 radical (unpaired) electrons. The van der Waals surface area contributed by atoms with E-state index in [-0.39, 0.29) is 5.78 Å². The molecule has 5 heteroatoms. The Morgan fingerprint density at radius 1 is 1.00 bits per heavy atom. The number of rotatable bonds is 3. The van der Waals surface area contributed by atoms with Crippen LogP contribution in [0.1, 0.15) is 15.9 Å². The fourth-order valence-electron chi connectivity index (χ4n) is 2.45. The fraction of sp³-hybridized carbons (Fsp3) is 0.235. The maximum atomic E-state index is 12.6. The molecule has 0 aliphatic carbocycles. The predicted molar refractivity (Wildman–Crippen MR) is 86.0 cm³/mol. The van der Waals surface area contributed by atoms with Crippen LogP contribution in [-0.2, 0) is 0 Å². The highest BCUT2D eigenvalue weighted by Gasteiger charge is 2.17. The van der Waals surface area contributed by atoms with Crippen LogP contribution in [0.25, 0.3) is 0 Å². The molecular formula is C17H18N2O3. The molecule has 1 heterocycles. The summed E-state index contributed by atoms with van der Waals surface area (Å²) >= 11 is 0. The minimum absolute atomic E-state index is 0.0889. The van der Waals surface area contributed by atoms with Crippen LogP contribution in [-0.4, -0.2) is 33.1 Å². The number of carbonyl (C=O) groups excluding carboxylic acids is 1. The van der Waals surface area contributed by atoms with Crippen molar-refractivity contribution in [2.45, 2.75) is 0 Å². The second-order valence-corrected chi connectivity index (χ2v) is 5.36. The van der Waals surface area contributed by atoms with Crippen molar-refractivity contribution in [2.75, 3.05) is 37.9 Å². The summed E-state index contributed by atoms with van der Waals surface area (Å²) in [7, 11) is 3.82. The van der Waals surface area contributed by atoms with Gasteiger partial charge in [-0.15, -0.1) is 0 Å². The monoisotopic (exact) mass is 298 g/mol. The summed E-state index contributed by atoms with van der Waals surface area (Å²) in [4.78, 5) is 14.5. The van der Waals surface area contributed by atoms with E-state index in [4.69, 9.17) is 15.2 Å². The van der Waals surface area contributed by atoms with Crippen molar-refractivity contribution in [2.24, 2.45) is 0 Å². The second-order valence-electron chi connectivity index (χ2n) is 5.36. The van der Waals surface area contributed by atoms with E-state index in [0.29, 0.717) is 41.5 Å². The SMILES string of the molecule is CN(C)c1ccc(C(=O)c2ccc3c(c2)OCCO3)cc1N. The quantitative estimate of drug-likeness (QED) is 0.696. The molecular weight excluding hydrogens is 280 g/mol. The third-order valence-electron chi connectivity index (χ3n) is 3.58. The first-order chi connectivity index (χ1) is 10.6. The zero-order chi connectivity index (χ0) is 15.7. The Labute approximate surface area is 129 Å². The first-order valence-electron chi connectivity index (χ1n) is 7.07. The Morgan fingerprint density at radius 3 is 2.32 bits per heavy atom. The number of fused-ring (bicyclic) bond motifs is 1. The van der Waals surface area contributed by atoms with E-state index in [1.165, 1.54) is 0 Å². The second kappa shape index (κ2) is 5.60. The average Bonchev–Trinajstić information content (AvgIpc) is 2.53. The average molecular weight is 298 g/mol. The lowest BCUT2D eigenvalue weighted by Crippen LogP contribution is -2.16. The lowest BCUT2D eigenvalue weighted by molar-refractivity contribution is 0.103. The van der Waals surface area contributed by atoms with Crippen molar-refractivity contribution >= 4 is 17.2 Å². The Hall–Kier alpha value is -2.69. The van der Waals surface area contributed by atoms with Gasteiger partial charge >= 0.3 is 0 Å². The summed E-state index contributed by atoms with van der Waals surface area (Å²) in [6, 6.07) is 10.6. The van der Waals surface area contributed by atoms with E-state index < -0.39 is 0 Å². The molecule has 3 rings (SSSR count). The van der Waals surface area contributed by atoms with Gasteiger partial charge in [0.2, 0.25) is 0 Å². The minimum atomic E-state index is -0.0889. The number of anilines is 2.